The van der Waals surface area contributed by atoms with Gasteiger partial charge in [-0.25, -0.2) is 8.42 Å². The van der Waals surface area contributed by atoms with Crippen molar-refractivity contribution in [3.63, 3.8) is 0 Å². The third kappa shape index (κ3) is 4.18. The molecule has 0 bridgehead atoms. The Balaban J connectivity index is 1.64. The smallest absolute Gasteiger partial charge is 0.346 e. The van der Waals surface area contributed by atoms with Crippen LogP contribution in [0.1, 0.15) is 33.3 Å². The zero-order valence-electron chi connectivity index (χ0n) is 16.1. The van der Waals surface area contributed by atoms with Crippen LogP contribution in [0, 0.1) is 0 Å². The lowest BCUT2D eigenvalue weighted by atomic mass is 10.1. The van der Waals surface area contributed by atoms with E-state index in [-0.39, 0.29) is 29.3 Å². The van der Waals surface area contributed by atoms with Gasteiger partial charge in [-0.15, -0.1) is 0 Å². The summed E-state index contributed by atoms with van der Waals surface area (Å²) < 4.78 is 63.8. The average Bonchev–Trinajstić information content (AvgIpc) is 3.06. The monoisotopic (exact) mass is 444 g/mol. The van der Waals surface area contributed by atoms with Crippen molar-refractivity contribution in [2.75, 3.05) is 18.8 Å². The fourth-order valence-electron chi connectivity index (χ4n) is 3.11. The van der Waals surface area contributed by atoms with Crippen LogP contribution in [-0.2, 0) is 23.1 Å². The van der Waals surface area contributed by atoms with Gasteiger partial charge in [0.15, 0.2) is 15.5 Å². The van der Waals surface area contributed by atoms with E-state index in [9.17, 15) is 31.2 Å². The zero-order chi connectivity index (χ0) is 22.3. The molecule has 1 N–H and O–H groups in total. The second kappa shape index (κ2) is 7.74. The zero-order valence-corrected chi connectivity index (χ0v) is 16.9. The van der Waals surface area contributed by atoms with E-state index in [0.717, 1.165) is 13.2 Å². The first-order valence-electron chi connectivity index (χ1n) is 8.96. The summed E-state index contributed by atoms with van der Waals surface area (Å²) >= 11 is 0. The van der Waals surface area contributed by atoms with E-state index in [0.29, 0.717) is 4.68 Å². The van der Waals surface area contributed by atoms with Gasteiger partial charge in [-0.1, -0.05) is 13.0 Å². The number of rotatable bonds is 5. The van der Waals surface area contributed by atoms with Crippen LogP contribution in [0.2, 0.25) is 0 Å². The molecule has 2 amide bonds. The Hall–Kier alpha value is -2.89. The summed E-state index contributed by atoms with van der Waals surface area (Å²) in [6.45, 7) is 1.69. The fourth-order valence-corrected chi connectivity index (χ4v) is 4.04. The van der Waals surface area contributed by atoms with Crippen molar-refractivity contribution >= 4 is 21.7 Å². The lowest BCUT2D eigenvalue weighted by Gasteiger charge is -2.39. The van der Waals surface area contributed by atoms with E-state index in [1.54, 1.807) is 0 Å². The van der Waals surface area contributed by atoms with Crippen LogP contribution in [-0.4, -0.2) is 59.8 Å². The second-order valence-electron chi connectivity index (χ2n) is 6.84. The number of likely N-dealkylation sites (tertiary alicyclic amines) is 1. The average molecular weight is 444 g/mol. The molecule has 3 rings (SSSR count). The highest BCUT2D eigenvalue weighted by atomic mass is 32.2. The molecule has 0 radical (unpaired) electrons. The third-order valence-corrected chi connectivity index (χ3v) is 6.51. The molecule has 1 aromatic carbocycles. The van der Waals surface area contributed by atoms with Gasteiger partial charge in [0.1, 0.15) is 0 Å². The largest absolute Gasteiger partial charge is 0.433 e. The molecule has 162 valence electrons. The number of amides is 2. The van der Waals surface area contributed by atoms with Gasteiger partial charge in [0.2, 0.25) is 0 Å². The fraction of sp³-hybridized carbons (Fsp3) is 0.389. The highest BCUT2D eigenvalue weighted by molar-refractivity contribution is 7.91. The van der Waals surface area contributed by atoms with Crippen LogP contribution in [0.5, 0.6) is 0 Å². The van der Waals surface area contributed by atoms with Crippen LogP contribution in [0.3, 0.4) is 0 Å². The highest BCUT2D eigenvalue weighted by Crippen LogP contribution is 2.31. The number of aromatic nitrogens is 2. The number of hydrogen-bond donors (Lipinski definition) is 1. The third-order valence-electron chi connectivity index (χ3n) is 4.78. The molecule has 0 spiro atoms. The minimum absolute atomic E-state index is 0.0393. The van der Waals surface area contributed by atoms with E-state index in [1.807, 2.05) is 0 Å². The number of hydrogen-bond acceptors (Lipinski definition) is 5. The van der Waals surface area contributed by atoms with Crippen molar-refractivity contribution in [3.8, 4) is 0 Å². The Labute approximate surface area is 170 Å². The first kappa shape index (κ1) is 21.8. The standard InChI is InChI=1S/C18H19F3N4O4S/c1-3-30(28,29)13-6-4-5-11(7-13)17(27)25-9-12(10-25)23-16(26)14-8-22-24(2)15(14)18(19,20)21/h4-8,12H,3,9-10H2,1-2H3,(H,23,26). The molecule has 8 nitrogen and oxygen atoms in total. The van der Waals surface area contributed by atoms with Crippen LogP contribution in [0.4, 0.5) is 13.2 Å². The molecule has 12 heteroatoms. The second-order valence-corrected chi connectivity index (χ2v) is 9.12. The van der Waals surface area contributed by atoms with E-state index in [2.05, 4.69) is 10.4 Å². The predicted octanol–water partition coefficient (Wildman–Crippen LogP) is 1.49. The molecule has 2 heterocycles. The van der Waals surface area contributed by atoms with Crippen molar-refractivity contribution in [2.45, 2.75) is 24.0 Å². The molecule has 0 unspecified atom stereocenters. The molecule has 1 aliphatic heterocycles. The van der Waals surface area contributed by atoms with Gasteiger partial charge in [0.05, 0.1) is 28.5 Å². The van der Waals surface area contributed by atoms with Crippen molar-refractivity contribution in [1.82, 2.24) is 20.0 Å². The van der Waals surface area contributed by atoms with E-state index >= 15 is 0 Å². The number of nitrogens with zero attached hydrogens (tertiary/aromatic N) is 3. The Kier molecular flexibility index (Phi) is 5.63. The van der Waals surface area contributed by atoms with Crippen LogP contribution in [0.15, 0.2) is 35.4 Å². The molecule has 0 saturated carbocycles. The van der Waals surface area contributed by atoms with E-state index < -0.39 is 45.1 Å². The molecule has 30 heavy (non-hydrogen) atoms. The summed E-state index contributed by atoms with van der Waals surface area (Å²) in [5, 5.41) is 5.95. The number of alkyl halides is 3. The molecular formula is C18H19F3N4O4S. The normalized spacial score (nSPS) is 15.0. The van der Waals surface area contributed by atoms with Gasteiger partial charge < -0.3 is 10.2 Å². The molecular weight excluding hydrogens is 425 g/mol. The van der Waals surface area contributed by atoms with Gasteiger partial charge in [-0.3, -0.25) is 14.3 Å². The van der Waals surface area contributed by atoms with Gasteiger partial charge >= 0.3 is 6.18 Å². The quantitative estimate of drug-likeness (QED) is 0.753. The van der Waals surface area contributed by atoms with Crippen molar-refractivity contribution in [3.05, 3.63) is 47.3 Å². The summed E-state index contributed by atoms with van der Waals surface area (Å²) in [5.41, 5.74) is -1.56. The molecule has 0 aliphatic carbocycles. The summed E-state index contributed by atoms with van der Waals surface area (Å²) in [6, 6.07) is 5.12. The number of carbonyl (C=O) groups excluding carboxylic acids is 2. The highest BCUT2D eigenvalue weighted by Gasteiger charge is 2.40. The lowest BCUT2D eigenvalue weighted by Crippen LogP contribution is -2.61. The van der Waals surface area contributed by atoms with Crippen LogP contribution < -0.4 is 5.32 Å². The molecule has 0 atom stereocenters. The van der Waals surface area contributed by atoms with Gasteiger partial charge in [-0.05, 0) is 18.2 Å². The number of benzene rings is 1. The molecule has 1 saturated heterocycles. The Bertz CT molecular complexity index is 1090. The summed E-state index contributed by atoms with van der Waals surface area (Å²) in [4.78, 5) is 26.2. The molecule has 2 aromatic rings. The first-order chi connectivity index (χ1) is 13.9. The SMILES string of the molecule is CCS(=O)(=O)c1cccc(C(=O)N2CC(NC(=O)c3cnn(C)c3C(F)(F)F)C2)c1. The molecule has 1 aromatic heterocycles. The minimum Gasteiger partial charge on any atom is -0.346 e. The molecule has 1 fully saturated rings. The minimum atomic E-state index is -4.73. The lowest BCUT2D eigenvalue weighted by molar-refractivity contribution is -0.144. The number of aryl methyl sites for hydroxylation is 1. The predicted molar refractivity (Wildman–Crippen MR) is 99.5 cm³/mol. The van der Waals surface area contributed by atoms with Crippen LogP contribution in [0.25, 0.3) is 0 Å². The summed E-state index contributed by atoms with van der Waals surface area (Å²) in [6.07, 6.45) is -3.89. The Morgan fingerprint density at radius 3 is 2.53 bits per heavy atom. The maximum absolute atomic E-state index is 13.1. The maximum Gasteiger partial charge on any atom is 0.433 e. The van der Waals surface area contributed by atoms with Crippen LogP contribution >= 0.6 is 0 Å². The van der Waals surface area contributed by atoms with Gasteiger partial charge in [0.25, 0.3) is 11.8 Å². The first-order valence-corrected chi connectivity index (χ1v) is 10.6. The van der Waals surface area contributed by atoms with Crippen molar-refractivity contribution in [1.29, 1.82) is 0 Å². The number of halogens is 3. The number of sulfone groups is 1. The topological polar surface area (TPSA) is 101 Å². The van der Waals surface area contributed by atoms with Crippen molar-refractivity contribution in [2.24, 2.45) is 7.05 Å². The number of carbonyl (C=O) groups is 2. The summed E-state index contributed by atoms with van der Waals surface area (Å²) in [5.74, 6) is -1.45. The number of nitrogens with one attached hydrogen (secondary N) is 1. The Morgan fingerprint density at radius 1 is 1.27 bits per heavy atom. The maximum atomic E-state index is 13.1. The van der Waals surface area contributed by atoms with Crippen molar-refractivity contribution < 1.29 is 31.2 Å². The Morgan fingerprint density at radius 2 is 1.93 bits per heavy atom. The summed E-state index contributed by atoms with van der Waals surface area (Å²) in [7, 11) is -2.37. The van der Waals surface area contributed by atoms with E-state index in [1.165, 1.54) is 36.1 Å². The van der Waals surface area contributed by atoms with Gasteiger partial charge in [-0.2, -0.15) is 18.3 Å². The van der Waals surface area contributed by atoms with E-state index in [4.69, 9.17) is 0 Å². The molecule has 1 aliphatic rings. The van der Waals surface area contributed by atoms with Gasteiger partial charge in [0, 0.05) is 25.7 Å².